The summed E-state index contributed by atoms with van der Waals surface area (Å²) in [5.41, 5.74) is -1.80. The van der Waals surface area contributed by atoms with Gasteiger partial charge in [-0.25, -0.2) is 0 Å². The van der Waals surface area contributed by atoms with E-state index in [0.29, 0.717) is 13.0 Å². The van der Waals surface area contributed by atoms with E-state index < -0.39 is 16.9 Å². The predicted molar refractivity (Wildman–Crippen MR) is 62.2 cm³/mol. The van der Waals surface area contributed by atoms with E-state index >= 15 is 0 Å². The molecule has 0 saturated carbocycles. The number of nitrogens with one attached hydrogen (secondary N) is 2. The SMILES string of the molecule is CNCCC(=O)NC(C)(C)C(C)(C)C(=O)O. The molecule has 0 bridgehead atoms. The van der Waals surface area contributed by atoms with E-state index in [9.17, 15) is 9.59 Å². The Balaban J connectivity index is 4.56. The van der Waals surface area contributed by atoms with Gasteiger partial charge in [-0.2, -0.15) is 0 Å². The molecule has 0 aliphatic heterocycles. The molecular weight excluding hydrogens is 208 g/mol. The van der Waals surface area contributed by atoms with Crippen LogP contribution in [0.3, 0.4) is 0 Å². The van der Waals surface area contributed by atoms with Gasteiger partial charge in [0.1, 0.15) is 0 Å². The van der Waals surface area contributed by atoms with E-state index in [-0.39, 0.29) is 5.91 Å². The van der Waals surface area contributed by atoms with E-state index in [0.717, 1.165) is 0 Å². The maximum atomic E-state index is 11.5. The number of carbonyl (C=O) groups is 2. The van der Waals surface area contributed by atoms with Crippen molar-refractivity contribution in [1.82, 2.24) is 10.6 Å². The van der Waals surface area contributed by atoms with Gasteiger partial charge in [0.05, 0.1) is 5.41 Å². The van der Waals surface area contributed by atoms with Gasteiger partial charge in [-0.05, 0) is 34.7 Å². The third-order valence-electron chi connectivity index (χ3n) is 3.15. The Morgan fingerprint density at radius 2 is 1.69 bits per heavy atom. The number of amides is 1. The van der Waals surface area contributed by atoms with E-state index in [2.05, 4.69) is 10.6 Å². The molecule has 0 aromatic carbocycles. The summed E-state index contributed by atoms with van der Waals surface area (Å²) in [5.74, 6) is -1.07. The highest BCUT2D eigenvalue weighted by Crippen LogP contribution is 2.30. The Labute approximate surface area is 96.6 Å². The van der Waals surface area contributed by atoms with Crippen LogP contribution < -0.4 is 10.6 Å². The molecule has 0 heterocycles. The van der Waals surface area contributed by atoms with Crippen LogP contribution >= 0.6 is 0 Å². The van der Waals surface area contributed by atoms with Crippen LogP contribution in [0.1, 0.15) is 34.1 Å². The van der Waals surface area contributed by atoms with Crippen molar-refractivity contribution in [2.24, 2.45) is 5.41 Å². The topological polar surface area (TPSA) is 78.4 Å². The first-order valence-corrected chi connectivity index (χ1v) is 5.34. The van der Waals surface area contributed by atoms with Crippen molar-refractivity contribution >= 4 is 11.9 Å². The van der Waals surface area contributed by atoms with Crippen LogP contribution in [0.2, 0.25) is 0 Å². The van der Waals surface area contributed by atoms with Gasteiger partial charge in [-0.1, -0.05) is 0 Å². The number of rotatable bonds is 6. The third kappa shape index (κ3) is 3.48. The van der Waals surface area contributed by atoms with E-state index in [4.69, 9.17) is 5.11 Å². The summed E-state index contributed by atoms with van der Waals surface area (Å²) in [6.07, 6.45) is 0.343. The van der Waals surface area contributed by atoms with Crippen LogP contribution in [0, 0.1) is 5.41 Å². The Hall–Kier alpha value is -1.10. The summed E-state index contributed by atoms with van der Waals surface area (Å²) >= 11 is 0. The van der Waals surface area contributed by atoms with Crippen molar-refractivity contribution in [2.45, 2.75) is 39.7 Å². The summed E-state index contributed by atoms with van der Waals surface area (Å²) in [5, 5.41) is 14.7. The Morgan fingerprint density at radius 3 is 2.06 bits per heavy atom. The molecule has 0 atom stereocenters. The lowest BCUT2D eigenvalue weighted by Crippen LogP contribution is -2.57. The van der Waals surface area contributed by atoms with E-state index in [1.807, 2.05) is 0 Å². The average Bonchev–Trinajstić information content (AvgIpc) is 2.13. The molecule has 0 saturated heterocycles. The lowest BCUT2D eigenvalue weighted by molar-refractivity contribution is -0.151. The second-order valence-corrected chi connectivity index (χ2v) is 4.96. The molecule has 0 aromatic rings. The standard InChI is InChI=1S/C11H22N2O3/c1-10(2,9(15)16)11(3,4)13-8(14)6-7-12-5/h12H,6-7H2,1-5H3,(H,13,14)(H,15,16). The Morgan fingerprint density at radius 1 is 1.19 bits per heavy atom. The van der Waals surface area contributed by atoms with Crippen LogP contribution in [0.5, 0.6) is 0 Å². The Bertz CT molecular complexity index is 272. The number of carboxylic acids is 1. The predicted octanol–water partition coefficient (Wildman–Crippen LogP) is 0.601. The molecule has 5 heteroatoms. The zero-order valence-electron chi connectivity index (χ0n) is 10.7. The molecule has 1 amide bonds. The van der Waals surface area contributed by atoms with Crippen LogP contribution in [-0.4, -0.2) is 36.1 Å². The van der Waals surface area contributed by atoms with Gasteiger partial charge in [0.25, 0.3) is 0 Å². The van der Waals surface area contributed by atoms with Crippen molar-refractivity contribution < 1.29 is 14.7 Å². The van der Waals surface area contributed by atoms with Gasteiger partial charge >= 0.3 is 5.97 Å². The van der Waals surface area contributed by atoms with Crippen LogP contribution in [0.25, 0.3) is 0 Å². The van der Waals surface area contributed by atoms with E-state index in [1.165, 1.54) is 0 Å². The van der Waals surface area contributed by atoms with Gasteiger partial charge in [-0.3, -0.25) is 9.59 Å². The minimum absolute atomic E-state index is 0.145. The number of carboxylic acid groups (broad SMARTS) is 1. The molecule has 16 heavy (non-hydrogen) atoms. The fraction of sp³-hybridized carbons (Fsp3) is 0.818. The molecule has 0 unspecified atom stereocenters. The molecule has 0 rings (SSSR count). The summed E-state index contributed by atoms with van der Waals surface area (Å²) < 4.78 is 0. The maximum Gasteiger partial charge on any atom is 0.311 e. The first-order valence-electron chi connectivity index (χ1n) is 5.34. The van der Waals surface area contributed by atoms with Gasteiger partial charge in [0.15, 0.2) is 0 Å². The second-order valence-electron chi connectivity index (χ2n) is 4.96. The molecule has 0 aromatic heterocycles. The number of hydrogen-bond acceptors (Lipinski definition) is 3. The molecule has 0 spiro atoms. The monoisotopic (exact) mass is 230 g/mol. The second kappa shape index (κ2) is 5.30. The van der Waals surface area contributed by atoms with Crippen LogP contribution in [-0.2, 0) is 9.59 Å². The lowest BCUT2D eigenvalue weighted by Gasteiger charge is -2.38. The van der Waals surface area contributed by atoms with Crippen molar-refractivity contribution in [2.75, 3.05) is 13.6 Å². The summed E-state index contributed by atoms with van der Waals surface area (Å²) in [4.78, 5) is 22.6. The zero-order valence-corrected chi connectivity index (χ0v) is 10.7. The maximum absolute atomic E-state index is 11.5. The highest BCUT2D eigenvalue weighted by atomic mass is 16.4. The molecule has 0 radical (unpaired) electrons. The molecule has 5 nitrogen and oxygen atoms in total. The third-order valence-corrected chi connectivity index (χ3v) is 3.15. The van der Waals surface area contributed by atoms with E-state index in [1.54, 1.807) is 34.7 Å². The molecular formula is C11H22N2O3. The van der Waals surface area contributed by atoms with Gasteiger partial charge < -0.3 is 15.7 Å². The Kier molecular flexibility index (Phi) is 4.93. The average molecular weight is 230 g/mol. The summed E-state index contributed by atoms with van der Waals surface area (Å²) in [6.45, 7) is 7.23. The quantitative estimate of drug-likeness (QED) is 0.624. The number of aliphatic carboxylic acids is 1. The smallest absolute Gasteiger partial charge is 0.311 e. The fourth-order valence-corrected chi connectivity index (χ4v) is 1.07. The van der Waals surface area contributed by atoms with Crippen molar-refractivity contribution in [3.8, 4) is 0 Å². The largest absolute Gasteiger partial charge is 0.481 e. The molecule has 0 fully saturated rings. The number of hydrogen-bond donors (Lipinski definition) is 3. The van der Waals surface area contributed by atoms with Crippen LogP contribution in [0.15, 0.2) is 0 Å². The van der Waals surface area contributed by atoms with Gasteiger partial charge in [0.2, 0.25) is 5.91 Å². The van der Waals surface area contributed by atoms with Gasteiger partial charge in [0, 0.05) is 18.5 Å². The summed E-state index contributed by atoms with van der Waals surface area (Å²) in [7, 11) is 1.76. The van der Waals surface area contributed by atoms with Crippen LogP contribution in [0.4, 0.5) is 0 Å². The molecule has 3 N–H and O–H groups in total. The van der Waals surface area contributed by atoms with Crippen molar-refractivity contribution in [3.05, 3.63) is 0 Å². The first kappa shape index (κ1) is 14.9. The molecule has 0 aliphatic carbocycles. The molecule has 94 valence electrons. The zero-order chi connectivity index (χ0) is 13.0. The number of carbonyl (C=O) groups excluding carboxylic acids is 1. The fourth-order valence-electron chi connectivity index (χ4n) is 1.07. The normalized spacial score (nSPS) is 12.3. The minimum Gasteiger partial charge on any atom is -0.481 e. The highest BCUT2D eigenvalue weighted by molar-refractivity contribution is 5.80. The van der Waals surface area contributed by atoms with Crippen molar-refractivity contribution in [1.29, 1.82) is 0 Å². The lowest BCUT2D eigenvalue weighted by atomic mass is 9.74. The van der Waals surface area contributed by atoms with Crippen molar-refractivity contribution in [3.63, 3.8) is 0 Å². The summed E-state index contributed by atoms with van der Waals surface area (Å²) in [6, 6.07) is 0. The highest BCUT2D eigenvalue weighted by Gasteiger charge is 2.44. The molecule has 0 aliphatic rings. The first-order chi connectivity index (χ1) is 7.15. The van der Waals surface area contributed by atoms with Gasteiger partial charge in [-0.15, -0.1) is 0 Å². The minimum atomic E-state index is -1.01.